The van der Waals surface area contributed by atoms with Gasteiger partial charge in [-0.05, 0) is 50.1 Å². The number of nitrogens with zero attached hydrogens (tertiary/aromatic N) is 4. The summed E-state index contributed by atoms with van der Waals surface area (Å²) in [5.74, 6) is 1.74. The van der Waals surface area contributed by atoms with Crippen LogP contribution < -0.4 is 10.2 Å². The normalized spacial score (nSPS) is 22.4. The van der Waals surface area contributed by atoms with E-state index in [0.29, 0.717) is 5.54 Å². The number of nitrogens with one attached hydrogen (secondary N) is 2. The number of aromatic amines is 1. The lowest BCUT2D eigenvalue weighted by Gasteiger charge is -2.47. The molecule has 27 heavy (non-hydrogen) atoms. The summed E-state index contributed by atoms with van der Waals surface area (Å²) in [5.41, 5.74) is 3.47. The van der Waals surface area contributed by atoms with E-state index in [1.54, 1.807) is 12.7 Å². The molecule has 1 aromatic carbocycles. The first-order valence-corrected chi connectivity index (χ1v) is 9.99. The van der Waals surface area contributed by atoms with E-state index in [4.69, 9.17) is 0 Å². The van der Waals surface area contributed by atoms with Crippen LogP contribution in [0.5, 0.6) is 0 Å². The van der Waals surface area contributed by atoms with Crippen molar-refractivity contribution in [3.8, 4) is 0 Å². The number of piperidine rings is 2. The van der Waals surface area contributed by atoms with Crippen LogP contribution in [0.25, 0.3) is 11.2 Å². The molecule has 3 aromatic rings. The molecule has 4 heterocycles. The topological polar surface area (TPSA) is 69.7 Å². The maximum Gasteiger partial charge on any atom is 0.182 e. The van der Waals surface area contributed by atoms with Crippen LogP contribution in [0.15, 0.2) is 43.0 Å². The van der Waals surface area contributed by atoms with E-state index >= 15 is 0 Å². The minimum absolute atomic E-state index is 0.309. The van der Waals surface area contributed by atoms with Gasteiger partial charge in [0.2, 0.25) is 0 Å². The number of hydrogen-bond donors (Lipinski definition) is 2. The summed E-state index contributed by atoms with van der Waals surface area (Å²) in [6, 6.07) is 10.9. The Kier molecular flexibility index (Phi) is 4.28. The second-order valence-electron chi connectivity index (χ2n) is 8.04. The number of fused-ring (bicyclic) bond motifs is 1. The molecule has 2 aliphatic rings. The number of aromatic nitrogens is 4. The first-order chi connectivity index (χ1) is 13.3. The Morgan fingerprint density at radius 1 is 1.04 bits per heavy atom. The summed E-state index contributed by atoms with van der Waals surface area (Å²) >= 11 is 0. The SMILES string of the molecule is c1ccc(CC2CCC3(CCN(c4ncnc5nc[nH]c45)CC3)NC2)cc1. The summed E-state index contributed by atoms with van der Waals surface area (Å²) < 4.78 is 0. The minimum Gasteiger partial charge on any atom is -0.355 e. The Hall–Kier alpha value is -2.47. The maximum atomic E-state index is 4.52. The molecule has 0 amide bonds. The van der Waals surface area contributed by atoms with Crippen molar-refractivity contribution in [3.63, 3.8) is 0 Å². The number of rotatable bonds is 3. The van der Waals surface area contributed by atoms with E-state index in [0.717, 1.165) is 42.5 Å². The van der Waals surface area contributed by atoms with Gasteiger partial charge in [-0.3, -0.25) is 0 Å². The zero-order chi connectivity index (χ0) is 18.1. The van der Waals surface area contributed by atoms with Crippen molar-refractivity contribution < 1.29 is 0 Å². The van der Waals surface area contributed by atoms with Crippen LogP contribution in [0, 0.1) is 5.92 Å². The van der Waals surface area contributed by atoms with E-state index in [1.165, 1.54) is 37.7 Å². The van der Waals surface area contributed by atoms with Gasteiger partial charge in [0.15, 0.2) is 11.5 Å². The van der Waals surface area contributed by atoms with Crippen molar-refractivity contribution in [2.75, 3.05) is 24.5 Å². The highest BCUT2D eigenvalue weighted by Crippen LogP contribution is 2.35. The second kappa shape index (κ2) is 6.93. The predicted molar refractivity (Wildman–Crippen MR) is 107 cm³/mol. The van der Waals surface area contributed by atoms with Gasteiger partial charge in [0.05, 0.1) is 6.33 Å². The third-order valence-corrected chi connectivity index (χ3v) is 6.39. The molecule has 5 rings (SSSR count). The molecule has 1 atom stereocenters. The van der Waals surface area contributed by atoms with Crippen molar-refractivity contribution in [2.45, 2.75) is 37.6 Å². The van der Waals surface area contributed by atoms with Crippen LogP contribution >= 0.6 is 0 Å². The highest BCUT2D eigenvalue weighted by molar-refractivity contribution is 5.82. The van der Waals surface area contributed by atoms with E-state index in [2.05, 4.69) is 60.5 Å². The number of hydrogen-bond acceptors (Lipinski definition) is 5. The number of benzene rings is 1. The van der Waals surface area contributed by atoms with Crippen molar-refractivity contribution >= 4 is 17.0 Å². The lowest BCUT2D eigenvalue weighted by atomic mass is 9.76. The average molecular weight is 362 g/mol. The molecule has 0 aliphatic carbocycles. The lowest BCUT2D eigenvalue weighted by Crippen LogP contribution is -2.57. The first-order valence-electron chi connectivity index (χ1n) is 9.99. The highest BCUT2D eigenvalue weighted by Gasteiger charge is 2.38. The fourth-order valence-electron chi connectivity index (χ4n) is 4.72. The largest absolute Gasteiger partial charge is 0.355 e. The predicted octanol–water partition coefficient (Wildman–Crippen LogP) is 2.93. The molecular formula is C21H26N6. The third kappa shape index (κ3) is 3.30. The standard InChI is InChI=1S/C21H26N6/c1-2-4-16(5-3-1)12-17-6-7-21(26-13-17)8-10-27(11-9-21)20-18-19(23-14-22-18)24-15-25-20/h1-5,14-15,17,26H,6-13H2,(H,22,23,24,25). The van der Waals surface area contributed by atoms with E-state index < -0.39 is 0 Å². The van der Waals surface area contributed by atoms with E-state index in [9.17, 15) is 0 Å². The fraction of sp³-hybridized carbons (Fsp3) is 0.476. The number of anilines is 1. The van der Waals surface area contributed by atoms with Crippen LogP contribution in [0.1, 0.15) is 31.2 Å². The number of H-pyrrole nitrogens is 1. The molecule has 1 unspecified atom stereocenters. The van der Waals surface area contributed by atoms with Gasteiger partial charge in [-0.1, -0.05) is 30.3 Å². The molecule has 2 fully saturated rings. The van der Waals surface area contributed by atoms with Crippen LogP contribution in [0.2, 0.25) is 0 Å². The smallest absolute Gasteiger partial charge is 0.182 e. The minimum atomic E-state index is 0.309. The van der Waals surface area contributed by atoms with Gasteiger partial charge in [-0.15, -0.1) is 0 Å². The van der Waals surface area contributed by atoms with E-state index in [-0.39, 0.29) is 0 Å². The van der Waals surface area contributed by atoms with Gasteiger partial charge in [-0.25, -0.2) is 15.0 Å². The molecule has 6 heteroatoms. The molecule has 0 radical (unpaired) electrons. The van der Waals surface area contributed by atoms with Gasteiger partial charge >= 0.3 is 0 Å². The molecule has 140 valence electrons. The Bertz CT molecular complexity index is 887. The quantitative estimate of drug-likeness (QED) is 0.750. The van der Waals surface area contributed by atoms with Crippen molar-refractivity contribution in [2.24, 2.45) is 5.92 Å². The van der Waals surface area contributed by atoms with Crippen molar-refractivity contribution in [3.05, 3.63) is 48.5 Å². The Balaban J connectivity index is 1.20. The lowest BCUT2D eigenvalue weighted by molar-refractivity contribution is 0.169. The Morgan fingerprint density at radius 2 is 1.89 bits per heavy atom. The van der Waals surface area contributed by atoms with Crippen LogP contribution in [0.3, 0.4) is 0 Å². The summed E-state index contributed by atoms with van der Waals surface area (Å²) in [5, 5.41) is 3.93. The summed E-state index contributed by atoms with van der Waals surface area (Å²) in [6.07, 6.45) is 9.45. The van der Waals surface area contributed by atoms with Gasteiger partial charge in [0.1, 0.15) is 11.8 Å². The summed E-state index contributed by atoms with van der Waals surface area (Å²) in [7, 11) is 0. The van der Waals surface area contributed by atoms with Crippen LogP contribution in [-0.4, -0.2) is 45.1 Å². The third-order valence-electron chi connectivity index (χ3n) is 6.39. The monoisotopic (exact) mass is 362 g/mol. The zero-order valence-electron chi connectivity index (χ0n) is 15.6. The maximum absolute atomic E-state index is 4.52. The molecule has 1 spiro atoms. The van der Waals surface area contributed by atoms with Crippen molar-refractivity contribution in [1.82, 2.24) is 25.3 Å². The first kappa shape index (κ1) is 16.7. The van der Waals surface area contributed by atoms with Crippen LogP contribution in [-0.2, 0) is 6.42 Å². The van der Waals surface area contributed by atoms with Crippen molar-refractivity contribution in [1.29, 1.82) is 0 Å². The van der Waals surface area contributed by atoms with Gasteiger partial charge < -0.3 is 15.2 Å². The molecule has 2 aliphatic heterocycles. The highest BCUT2D eigenvalue weighted by atomic mass is 15.2. The summed E-state index contributed by atoms with van der Waals surface area (Å²) in [4.78, 5) is 18.6. The van der Waals surface area contributed by atoms with Gasteiger partial charge in [0, 0.05) is 18.6 Å². The molecular weight excluding hydrogens is 336 g/mol. The molecule has 2 aromatic heterocycles. The van der Waals surface area contributed by atoms with E-state index in [1.807, 2.05) is 0 Å². The molecule has 6 nitrogen and oxygen atoms in total. The van der Waals surface area contributed by atoms with Gasteiger partial charge in [0.25, 0.3) is 0 Å². The zero-order valence-corrected chi connectivity index (χ0v) is 15.6. The molecule has 2 N–H and O–H groups in total. The fourth-order valence-corrected chi connectivity index (χ4v) is 4.72. The molecule has 0 bridgehead atoms. The van der Waals surface area contributed by atoms with Crippen LogP contribution in [0.4, 0.5) is 5.82 Å². The number of imidazole rings is 1. The Morgan fingerprint density at radius 3 is 2.67 bits per heavy atom. The molecule has 0 saturated carbocycles. The Labute approximate surface area is 159 Å². The summed E-state index contributed by atoms with van der Waals surface area (Å²) in [6.45, 7) is 3.19. The average Bonchev–Trinajstić information content (AvgIpc) is 3.21. The molecule has 2 saturated heterocycles. The van der Waals surface area contributed by atoms with Gasteiger partial charge in [-0.2, -0.15) is 0 Å². The second-order valence-corrected chi connectivity index (χ2v) is 8.04.